The predicted molar refractivity (Wildman–Crippen MR) is 112 cm³/mol. The summed E-state index contributed by atoms with van der Waals surface area (Å²) in [5, 5.41) is 7.20. The van der Waals surface area contributed by atoms with Crippen LogP contribution in [0.4, 0.5) is 10.1 Å². The van der Waals surface area contributed by atoms with E-state index in [1.165, 1.54) is 19.2 Å². The summed E-state index contributed by atoms with van der Waals surface area (Å²) >= 11 is 0. The van der Waals surface area contributed by atoms with E-state index in [-0.39, 0.29) is 11.6 Å². The predicted octanol–water partition coefficient (Wildman–Crippen LogP) is 4.64. The summed E-state index contributed by atoms with van der Waals surface area (Å²) in [6, 6.07) is 20.6. The Balaban J connectivity index is 1.75. The van der Waals surface area contributed by atoms with Gasteiger partial charge in [-0.25, -0.2) is 14.1 Å². The molecule has 0 spiro atoms. The minimum atomic E-state index is -0.478. The number of rotatable bonds is 5. The lowest BCUT2D eigenvalue weighted by Gasteiger charge is -2.08. The average molecular weight is 402 g/mol. The van der Waals surface area contributed by atoms with Crippen LogP contribution in [0.3, 0.4) is 0 Å². The minimum absolute atomic E-state index is 0.0131. The van der Waals surface area contributed by atoms with Gasteiger partial charge in [0.15, 0.2) is 5.82 Å². The van der Waals surface area contributed by atoms with Crippen LogP contribution >= 0.6 is 0 Å². The van der Waals surface area contributed by atoms with Gasteiger partial charge in [-0.2, -0.15) is 0 Å². The van der Waals surface area contributed by atoms with Gasteiger partial charge in [-0.05, 0) is 55.5 Å². The van der Waals surface area contributed by atoms with Crippen LogP contribution in [0.1, 0.15) is 16.2 Å². The van der Waals surface area contributed by atoms with Gasteiger partial charge in [0.1, 0.15) is 11.6 Å². The number of hydrogen-bond donors (Lipinski definition) is 1. The number of hydrogen-bond acceptors (Lipinski definition) is 4. The van der Waals surface area contributed by atoms with Gasteiger partial charge in [0, 0.05) is 5.56 Å². The number of anilines is 1. The average Bonchev–Trinajstić information content (AvgIpc) is 3.21. The Labute approximate surface area is 173 Å². The maximum Gasteiger partial charge on any atom is 0.295 e. The Morgan fingerprint density at radius 2 is 1.70 bits per heavy atom. The fourth-order valence-corrected chi connectivity index (χ4v) is 2.99. The molecule has 3 aromatic carbocycles. The zero-order chi connectivity index (χ0) is 21.1. The van der Waals surface area contributed by atoms with E-state index in [0.717, 1.165) is 11.3 Å². The van der Waals surface area contributed by atoms with Crippen molar-refractivity contribution in [1.82, 2.24) is 14.8 Å². The molecule has 30 heavy (non-hydrogen) atoms. The molecule has 1 amide bonds. The minimum Gasteiger partial charge on any atom is -0.495 e. The van der Waals surface area contributed by atoms with E-state index < -0.39 is 5.91 Å². The van der Waals surface area contributed by atoms with Crippen LogP contribution in [0.2, 0.25) is 0 Å². The maximum atomic E-state index is 13.4. The second-order valence-corrected chi connectivity index (χ2v) is 6.67. The first-order valence-corrected chi connectivity index (χ1v) is 9.29. The first kappa shape index (κ1) is 19.3. The molecule has 7 heteroatoms. The highest BCUT2D eigenvalue weighted by molar-refractivity contribution is 6.02. The fraction of sp³-hybridized carbons (Fsp3) is 0.0870. The summed E-state index contributed by atoms with van der Waals surface area (Å²) in [4.78, 5) is 17.3. The lowest BCUT2D eigenvalue weighted by molar-refractivity contribution is 0.101. The van der Waals surface area contributed by atoms with E-state index in [2.05, 4.69) is 15.4 Å². The third-order valence-corrected chi connectivity index (χ3v) is 4.55. The molecule has 1 aromatic heterocycles. The summed E-state index contributed by atoms with van der Waals surface area (Å²) < 4.78 is 20.2. The Kier molecular flexibility index (Phi) is 5.26. The quantitative estimate of drug-likeness (QED) is 0.528. The highest BCUT2D eigenvalue weighted by Gasteiger charge is 2.20. The van der Waals surface area contributed by atoms with E-state index in [0.29, 0.717) is 22.8 Å². The van der Waals surface area contributed by atoms with Gasteiger partial charge in [0.05, 0.1) is 18.5 Å². The van der Waals surface area contributed by atoms with Gasteiger partial charge < -0.3 is 10.1 Å². The highest BCUT2D eigenvalue weighted by atomic mass is 19.1. The topological polar surface area (TPSA) is 69.0 Å². The Morgan fingerprint density at radius 3 is 2.40 bits per heavy atom. The summed E-state index contributed by atoms with van der Waals surface area (Å²) in [6.45, 7) is 1.98. The number of nitrogens with zero attached hydrogens (tertiary/aromatic N) is 3. The first-order chi connectivity index (χ1) is 14.5. The lowest BCUT2D eigenvalue weighted by Crippen LogP contribution is -2.15. The molecule has 0 unspecified atom stereocenters. The molecule has 4 rings (SSSR count). The molecule has 0 fully saturated rings. The third kappa shape index (κ3) is 3.91. The van der Waals surface area contributed by atoms with Crippen molar-refractivity contribution in [2.45, 2.75) is 6.92 Å². The van der Waals surface area contributed by atoms with Crippen molar-refractivity contribution in [2.24, 2.45) is 0 Å². The molecule has 0 saturated heterocycles. The molecule has 4 aromatic rings. The number of methoxy groups -OCH3 is 1. The maximum absolute atomic E-state index is 13.4. The number of nitrogens with one attached hydrogen (secondary N) is 1. The zero-order valence-corrected chi connectivity index (χ0v) is 16.5. The molecular formula is C23H19FN4O2. The number of carbonyl (C=O) groups is 1. The molecule has 0 bridgehead atoms. The summed E-state index contributed by atoms with van der Waals surface area (Å²) in [6.07, 6.45) is 0. The molecule has 0 atom stereocenters. The van der Waals surface area contributed by atoms with E-state index in [9.17, 15) is 9.18 Å². The van der Waals surface area contributed by atoms with E-state index >= 15 is 0 Å². The van der Waals surface area contributed by atoms with Crippen LogP contribution in [0.15, 0.2) is 72.8 Å². The van der Waals surface area contributed by atoms with Crippen LogP contribution in [-0.4, -0.2) is 27.8 Å². The van der Waals surface area contributed by atoms with Gasteiger partial charge in [0.25, 0.3) is 5.91 Å². The number of carbonyl (C=O) groups excluding carboxylic acids is 1. The molecule has 1 N–H and O–H groups in total. The number of ether oxygens (including phenoxy) is 1. The SMILES string of the molecule is COc1ccccc1NC(=O)c1nc(-c2ccc(F)cc2)n(-c2ccc(C)cc2)n1. The fourth-order valence-electron chi connectivity index (χ4n) is 2.99. The number of benzene rings is 3. The molecule has 0 aliphatic rings. The number of halogens is 1. The van der Waals surface area contributed by atoms with Gasteiger partial charge in [-0.15, -0.1) is 5.10 Å². The summed E-state index contributed by atoms with van der Waals surface area (Å²) in [7, 11) is 1.53. The normalized spacial score (nSPS) is 10.6. The molecular weight excluding hydrogens is 383 g/mol. The molecule has 0 saturated carbocycles. The second kappa shape index (κ2) is 8.16. The molecule has 6 nitrogen and oxygen atoms in total. The van der Waals surface area contributed by atoms with Crippen LogP contribution in [0, 0.1) is 12.7 Å². The van der Waals surface area contributed by atoms with Gasteiger partial charge >= 0.3 is 0 Å². The Hall–Kier alpha value is -4.00. The van der Waals surface area contributed by atoms with Crippen molar-refractivity contribution >= 4 is 11.6 Å². The largest absolute Gasteiger partial charge is 0.495 e. The van der Waals surface area contributed by atoms with Crippen molar-refractivity contribution in [3.8, 4) is 22.8 Å². The van der Waals surface area contributed by atoms with Crippen molar-refractivity contribution in [3.63, 3.8) is 0 Å². The smallest absolute Gasteiger partial charge is 0.295 e. The third-order valence-electron chi connectivity index (χ3n) is 4.55. The van der Waals surface area contributed by atoms with Gasteiger partial charge in [-0.1, -0.05) is 29.8 Å². The molecule has 0 radical (unpaired) electrons. The Bertz CT molecular complexity index is 1120. The van der Waals surface area contributed by atoms with Gasteiger partial charge in [0.2, 0.25) is 5.82 Å². The van der Waals surface area contributed by atoms with E-state index in [1.54, 1.807) is 35.0 Å². The number of aromatic nitrogens is 3. The van der Waals surface area contributed by atoms with Gasteiger partial charge in [-0.3, -0.25) is 4.79 Å². The van der Waals surface area contributed by atoms with Crippen LogP contribution in [0.5, 0.6) is 5.75 Å². The van der Waals surface area contributed by atoms with E-state index in [1.807, 2.05) is 37.3 Å². The molecule has 1 heterocycles. The second-order valence-electron chi connectivity index (χ2n) is 6.67. The standard InChI is InChI=1S/C23H19FN4O2/c1-15-7-13-18(14-8-15)28-22(16-9-11-17(24)12-10-16)26-21(27-28)23(29)25-19-5-3-4-6-20(19)30-2/h3-14H,1-2H3,(H,25,29). The lowest BCUT2D eigenvalue weighted by atomic mass is 10.2. The van der Waals surface area contributed by atoms with E-state index in [4.69, 9.17) is 4.74 Å². The Morgan fingerprint density at radius 1 is 1.00 bits per heavy atom. The number of aryl methyl sites for hydroxylation is 1. The van der Waals surface area contributed by atoms with Crippen molar-refractivity contribution in [2.75, 3.05) is 12.4 Å². The number of para-hydroxylation sites is 2. The van der Waals surface area contributed by atoms with Crippen LogP contribution in [0.25, 0.3) is 17.1 Å². The van der Waals surface area contributed by atoms with Crippen molar-refractivity contribution < 1.29 is 13.9 Å². The monoisotopic (exact) mass is 402 g/mol. The highest BCUT2D eigenvalue weighted by Crippen LogP contribution is 2.25. The zero-order valence-electron chi connectivity index (χ0n) is 16.5. The molecule has 0 aliphatic heterocycles. The van der Waals surface area contributed by atoms with Crippen LogP contribution in [-0.2, 0) is 0 Å². The number of amides is 1. The van der Waals surface area contributed by atoms with Crippen molar-refractivity contribution in [3.05, 3.63) is 90.0 Å². The summed E-state index contributed by atoms with van der Waals surface area (Å²) in [5.41, 5.74) is 2.99. The van der Waals surface area contributed by atoms with Crippen molar-refractivity contribution in [1.29, 1.82) is 0 Å². The molecule has 0 aliphatic carbocycles. The van der Waals surface area contributed by atoms with Crippen LogP contribution < -0.4 is 10.1 Å². The summed E-state index contributed by atoms with van der Waals surface area (Å²) in [5.74, 6) is 0.121. The molecule has 150 valence electrons. The first-order valence-electron chi connectivity index (χ1n) is 9.29.